The van der Waals surface area contributed by atoms with Crippen LogP contribution in [-0.4, -0.2) is 125 Å². The number of phenols is 2. The maximum atomic E-state index is 12.9. The van der Waals surface area contributed by atoms with Gasteiger partial charge in [-0.15, -0.1) is 0 Å². The van der Waals surface area contributed by atoms with Crippen molar-refractivity contribution in [3.8, 4) is 74.6 Å². The van der Waals surface area contributed by atoms with Gasteiger partial charge in [0.2, 0.25) is 0 Å². The lowest BCUT2D eigenvalue weighted by Crippen LogP contribution is -2.31. The topological polar surface area (TPSA) is 281 Å². The molecule has 2 atom stereocenters. The molecule has 0 fully saturated rings. The molecule has 0 bridgehead atoms. The van der Waals surface area contributed by atoms with Gasteiger partial charge in [-0.2, -0.15) is 0 Å². The monoisotopic (exact) mass is 1710 g/mol. The summed E-state index contributed by atoms with van der Waals surface area (Å²) in [5, 5.41) is 38.0. The van der Waals surface area contributed by atoms with Gasteiger partial charge in [0.25, 0.3) is 0 Å². The summed E-state index contributed by atoms with van der Waals surface area (Å²) in [5.74, 6) is 8.84. The van der Waals surface area contributed by atoms with Crippen molar-refractivity contribution in [1.29, 1.82) is 0 Å². The number of esters is 2. The molecule has 0 saturated carbocycles. The van der Waals surface area contributed by atoms with Crippen molar-refractivity contribution in [2.75, 3.05) is 64.0 Å². The van der Waals surface area contributed by atoms with Crippen LogP contribution in [0.2, 0.25) is 0 Å². The van der Waals surface area contributed by atoms with Crippen molar-refractivity contribution in [2.45, 2.75) is 82.4 Å². The summed E-state index contributed by atoms with van der Waals surface area (Å²) in [7, 11) is 12.9. The number of ether oxygens (including phenoxy) is 11. The molecule has 25 heteroatoms. The largest absolute Gasteiger partial charge is 0.508 e. The Labute approximate surface area is 674 Å². The number of rotatable bonds is 13. The minimum absolute atomic E-state index is 0.0467. The number of aryl methyl sites for hydroxylation is 4. The second-order valence-electron chi connectivity index (χ2n) is 26.1. The lowest BCUT2D eigenvalue weighted by atomic mass is 9.78. The number of aromatic hydroxyl groups is 2. The van der Waals surface area contributed by atoms with E-state index < -0.39 is 7.12 Å². The SMILES string of the molecule is COc1ccc(B(O)O)c(OC)c1.COc1ccc2c(c1)CC(Br)=C2OC(C)=O.COc1ccc2c(c1)CC(Br)=C2OC(C)=O.COc1ccc2c(c1)CC(Br)C2=O.COc1ccc2c(c1)CCC(c1ccc(OC)cc1OC)C2=O.COc1ccc2c(c1)CCC2=O.Oc1ccc2c(c1)CCc1c-2oc2cc(O)ccc12. The van der Waals surface area contributed by atoms with E-state index >= 15 is 0 Å². The molecule has 0 amide bonds. The molecule has 21 nitrogen and oxygen atoms in total. The van der Waals surface area contributed by atoms with Crippen LogP contribution in [0.1, 0.15) is 119 Å². The normalized spacial score (nSPS) is 14.6. The molecule has 6 aliphatic rings. The average Bonchev–Trinajstić information content (AvgIpc) is 1.62. The Morgan fingerprint density at radius 2 is 0.848 bits per heavy atom. The van der Waals surface area contributed by atoms with Gasteiger partial charge in [0.1, 0.15) is 86.1 Å². The van der Waals surface area contributed by atoms with E-state index in [0.29, 0.717) is 46.2 Å². The highest BCUT2D eigenvalue weighted by molar-refractivity contribution is 9.12. The summed E-state index contributed by atoms with van der Waals surface area (Å²) >= 11 is 10.2. The molecule has 1 aromatic heterocycles. The minimum atomic E-state index is -1.53. The van der Waals surface area contributed by atoms with Crippen LogP contribution < -0.4 is 48.1 Å². The number of hydrogen-bond acceptors (Lipinski definition) is 21. The first-order valence-electron chi connectivity index (χ1n) is 35.5. The molecule has 0 saturated heterocycles. The Hall–Kier alpha value is -10.8. The summed E-state index contributed by atoms with van der Waals surface area (Å²) in [6.07, 6.45) is 7.15. The van der Waals surface area contributed by atoms with Gasteiger partial charge in [-0.1, -0.05) is 59.9 Å². The smallest absolute Gasteiger partial charge is 0.492 e. The number of fused-ring (bicyclic) bond motifs is 10. The highest BCUT2D eigenvalue weighted by Gasteiger charge is 2.33. The van der Waals surface area contributed by atoms with Crippen LogP contribution in [0.3, 0.4) is 0 Å². The second kappa shape index (κ2) is 38.4. The van der Waals surface area contributed by atoms with Gasteiger partial charge in [-0.3, -0.25) is 24.0 Å². The zero-order valence-electron chi connectivity index (χ0n) is 63.5. The first-order valence-corrected chi connectivity index (χ1v) is 38.0. The predicted octanol–water partition coefficient (Wildman–Crippen LogP) is 16.4. The van der Waals surface area contributed by atoms with E-state index in [1.54, 1.807) is 92.2 Å². The Bertz CT molecular complexity index is 5150. The fourth-order valence-electron chi connectivity index (χ4n) is 13.6. The van der Waals surface area contributed by atoms with E-state index in [4.69, 9.17) is 66.6 Å². The first kappa shape index (κ1) is 83.6. The third-order valence-electron chi connectivity index (χ3n) is 19.2. The van der Waals surface area contributed by atoms with Crippen molar-refractivity contribution in [1.82, 2.24) is 0 Å². The highest BCUT2D eigenvalue weighted by Crippen LogP contribution is 2.45. The molecule has 6 aliphatic carbocycles. The van der Waals surface area contributed by atoms with Crippen LogP contribution in [0.4, 0.5) is 0 Å². The maximum absolute atomic E-state index is 12.9. The predicted molar refractivity (Wildman–Crippen MR) is 438 cm³/mol. The number of ketones is 3. The average molecular weight is 1720 g/mol. The molecule has 2 unspecified atom stereocenters. The fraction of sp³-hybridized carbons (Fsp3) is 0.253. The standard InChI is InChI=1S/C19H20O4.C16H12O3.2C12H11BrO3.C10H9BrO2.C10H10O2.C8H11BO4/c1-21-13-5-8-15-12(10-13)4-7-17(19(15)20)16-9-6-14(22-2)11-18(16)23-3;17-10-2-5-12-9(7-10)1-4-14-13-6-3-11(18)8-15(13)19-16(12)14;2*1-7(14)16-12-10-4-3-9(15-2)5-8(10)6-11(12)13;1-13-7-2-3-8-6(4-7)5-9(11)10(8)12;1-12-8-3-4-9-7(6-8)2-5-10(9)11;1-12-6-3-4-7(9(10)11)8(5-6)13-2/h5-6,8-11,17H,4,7H2,1-3H3;2-3,5-8,17-18H,1,4H2;2*3-5H,6H2,1-2H3;2-4,9H,5H2,1H3;3-4,6H,2,5H2,1H3;3-5,10-11H,1-2H3. The number of methoxy groups -OCH3 is 9. The van der Waals surface area contributed by atoms with E-state index in [9.17, 15) is 34.2 Å². The highest BCUT2D eigenvalue weighted by atomic mass is 79.9. The molecule has 9 aromatic carbocycles. The minimum Gasteiger partial charge on any atom is -0.508 e. The zero-order valence-corrected chi connectivity index (χ0v) is 68.3. The summed E-state index contributed by atoms with van der Waals surface area (Å²) < 4.78 is 64.3. The number of halogens is 3. The number of phenolic OH excluding ortho intramolecular Hbond substituents is 2. The lowest BCUT2D eigenvalue weighted by Gasteiger charge is -2.25. The number of furan rings is 1. The lowest BCUT2D eigenvalue weighted by molar-refractivity contribution is -0.135. The van der Waals surface area contributed by atoms with E-state index in [2.05, 4.69) is 47.8 Å². The van der Waals surface area contributed by atoms with Gasteiger partial charge in [-0.25, -0.2) is 0 Å². The van der Waals surface area contributed by atoms with E-state index in [0.717, 1.165) is 178 Å². The summed E-state index contributed by atoms with van der Waals surface area (Å²) in [6.45, 7) is 2.80. The van der Waals surface area contributed by atoms with Gasteiger partial charge >= 0.3 is 19.1 Å². The van der Waals surface area contributed by atoms with Gasteiger partial charge in [0.05, 0.1) is 74.7 Å². The molecule has 0 spiro atoms. The summed E-state index contributed by atoms with van der Waals surface area (Å²) in [6, 6.07) is 49.3. The van der Waals surface area contributed by atoms with Crippen LogP contribution in [0, 0.1) is 0 Å². The molecule has 16 rings (SSSR count). The van der Waals surface area contributed by atoms with E-state index in [1.165, 1.54) is 33.6 Å². The van der Waals surface area contributed by atoms with Crippen molar-refractivity contribution < 1.29 is 101 Å². The van der Waals surface area contributed by atoms with Gasteiger partial charge < -0.3 is 76.8 Å². The molecule has 10 aromatic rings. The molecule has 0 radical (unpaired) electrons. The Morgan fingerprint density at radius 1 is 0.429 bits per heavy atom. The van der Waals surface area contributed by atoms with Crippen LogP contribution in [0.15, 0.2) is 177 Å². The van der Waals surface area contributed by atoms with Crippen LogP contribution >= 0.6 is 47.8 Å². The number of allylic oxidation sites excluding steroid dienone is 2. The van der Waals surface area contributed by atoms with Crippen molar-refractivity contribution in [3.63, 3.8) is 0 Å². The molecule has 112 heavy (non-hydrogen) atoms. The molecule has 0 aliphatic heterocycles. The quantitative estimate of drug-likeness (QED) is 0.0474. The maximum Gasteiger partial charge on any atom is 0.492 e. The molecule has 582 valence electrons. The third-order valence-corrected chi connectivity index (χ3v) is 21.2. The number of alkyl halides is 1. The van der Waals surface area contributed by atoms with E-state index in [1.807, 2.05) is 121 Å². The summed E-state index contributed by atoms with van der Waals surface area (Å²) in [4.78, 5) is 57.6. The van der Waals surface area contributed by atoms with Crippen molar-refractivity contribution in [2.24, 2.45) is 0 Å². The molecule has 4 N–H and O–H groups in total. The number of Topliss-reactive ketones (excluding diaryl/α,β-unsaturated/α-hetero) is 3. The molecule has 1 heterocycles. The third kappa shape index (κ3) is 19.9. The van der Waals surface area contributed by atoms with Gasteiger partial charge in [0.15, 0.2) is 17.3 Å². The van der Waals surface area contributed by atoms with E-state index in [-0.39, 0.29) is 51.5 Å². The van der Waals surface area contributed by atoms with Crippen LogP contribution in [0.25, 0.3) is 33.8 Å². The first-order chi connectivity index (χ1) is 53.8. The van der Waals surface area contributed by atoms with Crippen LogP contribution in [0.5, 0.6) is 63.2 Å². The van der Waals surface area contributed by atoms with Crippen molar-refractivity contribution >= 4 is 112 Å². The van der Waals surface area contributed by atoms with Gasteiger partial charge in [0, 0.05) is 116 Å². The Morgan fingerprint density at radius 3 is 1.37 bits per heavy atom. The van der Waals surface area contributed by atoms with Crippen molar-refractivity contribution in [3.05, 3.63) is 245 Å². The number of carbonyl (C=O) groups is 5. The molecular weight excluding hydrogens is 1630 g/mol. The number of benzene rings is 9. The summed E-state index contributed by atoms with van der Waals surface area (Å²) in [5.41, 5.74) is 15.1. The number of hydrogen-bond donors (Lipinski definition) is 4. The Balaban J connectivity index is 0.000000140. The van der Waals surface area contributed by atoms with Crippen LogP contribution in [-0.2, 0) is 64.0 Å². The zero-order chi connectivity index (χ0) is 80.6. The second-order valence-corrected chi connectivity index (χ2v) is 29.1. The molecular formula is C87H84BBr3O21. The Kier molecular flexibility index (Phi) is 28.7. The number of carbonyl (C=O) groups excluding carboxylic acids is 5. The van der Waals surface area contributed by atoms with Gasteiger partial charge in [-0.05, 0) is 205 Å². The fourth-order valence-corrected chi connectivity index (χ4v) is 15.4.